The fourth-order valence-corrected chi connectivity index (χ4v) is 2.13. The summed E-state index contributed by atoms with van der Waals surface area (Å²) in [6.45, 7) is 0.672. The van der Waals surface area contributed by atoms with Crippen molar-refractivity contribution in [2.45, 2.75) is 32.1 Å². The minimum Gasteiger partial charge on any atom is -0.330 e. The molecule has 0 fully saturated rings. The van der Waals surface area contributed by atoms with Crippen molar-refractivity contribution in [3.05, 3.63) is 33.0 Å². The Bertz CT molecular complexity index is 426. The van der Waals surface area contributed by atoms with E-state index in [1.165, 1.54) is 6.07 Å². The van der Waals surface area contributed by atoms with Gasteiger partial charge in [-0.3, -0.25) is 4.79 Å². The molecule has 0 aromatic heterocycles. The Morgan fingerprint density at radius 3 is 2.61 bits per heavy atom. The van der Waals surface area contributed by atoms with Gasteiger partial charge in [-0.25, -0.2) is 4.39 Å². The number of Topliss-reactive ketones (excluding diaryl/α,β-unsaturated/α-hetero) is 1. The number of nitrogens with two attached hydrogens (primary N) is 1. The van der Waals surface area contributed by atoms with Crippen LogP contribution in [0.25, 0.3) is 0 Å². The van der Waals surface area contributed by atoms with Crippen molar-refractivity contribution in [1.82, 2.24) is 0 Å². The van der Waals surface area contributed by atoms with Gasteiger partial charge in [-0.1, -0.05) is 24.4 Å². The van der Waals surface area contributed by atoms with Gasteiger partial charge in [-0.05, 0) is 47.4 Å². The summed E-state index contributed by atoms with van der Waals surface area (Å²) in [5.41, 5.74) is 5.45. The van der Waals surface area contributed by atoms with Crippen molar-refractivity contribution >= 4 is 33.3 Å². The molecule has 1 aromatic carbocycles. The third kappa shape index (κ3) is 4.34. The maximum absolute atomic E-state index is 13.7. The quantitative estimate of drug-likeness (QED) is 0.457. The van der Waals surface area contributed by atoms with Gasteiger partial charge in [0.2, 0.25) is 0 Å². The first-order chi connectivity index (χ1) is 8.57. The molecule has 0 aliphatic rings. The summed E-state index contributed by atoms with van der Waals surface area (Å²) in [7, 11) is 0. The van der Waals surface area contributed by atoms with Gasteiger partial charge in [-0.2, -0.15) is 0 Å². The van der Waals surface area contributed by atoms with Crippen molar-refractivity contribution < 1.29 is 9.18 Å². The third-order valence-corrected chi connectivity index (χ3v) is 3.95. The van der Waals surface area contributed by atoms with Crippen molar-refractivity contribution in [3.63, 3.8) is 0 Å². The van der Waals surface area contributed by atoms with Gasteiger partial charge >= 0.3 is 0 Å². The smallest absolute Gasteiger partial charge is 0.165 e. The van der Waals surface area contributed by atoms with Crippen molar-refractivity contribution in [3.8, 4) is 0 Å². The molecule has 0 unspecified atom stereocenters. The standard InChI is InChI=1S/C13H16BrClFNO/c14-10-7-6-9(13(16)12(10)15)11(18)5-3-1-2-4-8-17/h6-7H,1-5,8,17H2. The van der Waals surface area contributed by atoms with E-state index in [0.717, 1.165) is 25.7 Å². The zero-order chi connectivity index (χ0) is 13.5. The first-order valence-corrected chi connectivity index (χ1v) is 7.11. The van der Waals surface area contributed by atoms with Crippen LogP contribution < -0.4 is 5.73 Å². The molecule has 0 aliphatic heterocycles. The number of ketones is 1. The summed E-state index contributed by atoms with van der Waals surface area (Å²) >= 11 is 8.86. The van der Waals surface area contributed by atoms with Crippen molar-refractivity contribution in [1.29, 1.82) is 0 Å². The van der Waals surface area contributed by atoms with E-state index in [2.05, 4.69) is 15.9 Å². The molecular formula is C13H16BrClFNO. The van der Waals surface area contributed by atoms with E-state index in [1.54, 1.807) is 6.07 Å². The summed E-state index contributed by atoms with van der Waals surface area (Å²) in [4.78, 5) is 11.8. The predicted molar refractivity (Wildman–Crippen MR) is 75.6 cm³/mol. The van der Waals surface area contributed by atoms with Crippen LogP contribution in [-0.2, 0) is 0 Å². The summed E-state index contributed by atoms with van der Waals surface area (Å²) in [6.07, 6.45) is 4.01. The molecule has 0 heterocycles. The fourth-order valence-electron chi connectivity index (χ4n) is 1.66. The van der Waals surface area contributed by atoms with Gasteiger partial charge < -0.3 is 5.73 Å². The molecule has 0 aliphatic carbocycles. The van der Waals surface area contributed by atoms with Crippen LogP contribution in [0.15, 0.2) is 16.6 Å². The number of carbonyl (C=O) groups excluding carboxylic acids is 1. The molecule has 2 nitrogen and oxygen atoms in total. The van der Waals surface area contributed by atoms with Crippen LogP contribution in [0.4, 0.5) is 4.39 Å². The first kappa shape index (κ1) is 15.6. The zero-order valence-electron chi connectivity index (χ0n) is 10.0. The molecule has 0 saturated carbocycles. The molecular weight excluding hydrogens is 321 g/mol. The van der Waals surface area contributed by atoms with Crippen LogP contribution in [0, 0.1) is 5.82 Å². The van der Waals surface area contributed by atoms with Crippen LogP contribution in [-0.4, -0.2) is 12.3 Å². The summed E-state index contributed by atoms with van der Waals surface area (Å²) in [5, 5.41) is -0.0380. The molecule has 0 radical (unpaired) electrons. The molecule has 1 aromatic rings. The lowest BCUT2D eigenvalue weighted by Crippen LogP contribution is -2.03. The number of carbonyl (C=O) groups is 1. The second kappa shape index (κ2) is 7.87. The average Bonchev–Trinajstić information content (AvgIpc) is 2.35. The molecule has 2 N–H and O–H groups in total. The van der Waals surface area contributed by atoms with E-state index < -0.39 is 5.82 Å². The van der Waals surface area contributed by atoms with E-state index in [1.807, 2.05) is 0 Å². The summed E-state index contributed by atoms with van der Waals surface area (Å²) in [5.74, 6) is -0.840. The zero-order valence-corrected chi connectivity index (χ0v) is 12.4. The second-order valence-corrected chi connectivity index (χ2v) is 5.33. The Morgan fingerprint density at radius 2 is 1.94 bits per heavy atom. The SMILES string of the molecule is NCCCCCCC(=O)c1ccc(Br)c(Cl)c1F. The maximum atomic E-state index is 13.7. The van der Waals surface area contributed by atoms with Crippen LogP contribution in [0.1, 0.15) is 42.5 Å². The van der Waals surface area contributed by atoms with Crippen LogP contribution in [0.5, 0.6) is 0 Å². The number of halogens is 3. The van der Waals surface area contributed by atoms with Crippen LogP contribution in [0.3, 0.4) is 0 Å². The van der Waals surface area contributed by atoms with Crippen LogP contribution >= 0.6 is 27.5 Å². The van der Waals surface area contributed by atoms with Crippen LogP contribution in [0.2, 0.25) is 5.02 Å². The van der Waals surface area contributed by atoms with E-state index >= 15 is 0 Å². The Morgan fingerprint density at radius 1 is 1.28 bits per heavy atom. The normalized spacial score (nSPS) is 10.7. The van der Waals surface area contributed by atoms with Gasteiger partial charge in [0.1, 0.15) is 0 Å². The minimum atomic E-state index is -0.641. The highest BCUT2D eigenvalue weighted by atomic mass is 79.9. The van der Waals surface area contributed by atoms with Crippen molar-refractivity contribution in [2.24, 2.45) is 5.73 Å². The third-order valence-electron chi connectivity index (χ3n) is 2.69. The lowest BCUT2D eigenvalue weighted by atomic mass is 10.0. The molecule has 0 amide bonds. The number of unbranched alkanes of at least 4 members (excludes halogenated alkanes) is 3. The number of rotatable bonds is 7. The molecule has 100 valence electrons. The van der Waals surface area contributed by atoms with E-state index in [9.17, 15) is 9.18 Å². The molecule has 0 atom stereocenters. The average molecular weight is 337 g/mol. The van der Waals surface area contributed by atoms with Gasteiger partial charge in [0.25, 0.3) is 0 Å². The van der Waals surface area contributed by atoms with Gasteiger partial charge in [0, 0.05) is 10.9 Å². The largest absolute Gasteiger partial charge is 0.330 e. The molecule has 0 bridgehead atoms. The molecule has 0 spiro atoms. The molecule has 0 saturated heterocycles. The number of benzene rings is 1. The Hall–Kier alpha value is -0.450. The lowest BCUT2D eigenvalue weighted by Gasteiger charge is -2.05. The lowest BCUT2D eigenvalue weighted by molar-refractivity contribution is 0.0975. The van der Waals surface area contributed by atoms with Gasteiger partial charge in [-0.15, -0.1) is 0 Å². The van der Waals surface area contributed by atoms with Crippen molar-refractivity contribution in [2.75, 3.05) is 6.54 Å². The summed E-state index contributed by atoms with van der Waals surface area (Å²) < 4.78 is 14.2. The minimum absolute atomic E-state index is 0.0380. The number of hydrogen-bond acceptors (Lipinski definition) is 2. The predicted octanol–water partition coefficient (Wildman–Crippen LogP) is 4.33. The van der Waals surface area contributed by atoms with Gasteiger partial charge in [0.15, 0.2) is 11.6 Å². The van der Waals surface area contributed by atoms with Gasteiger partial charge in [0.05, 0.1) is 10.6 Å². The second-order valence-electron chi connectivity index (χ2n) is 4.10. The molecule has 18 heavy (non-hydrogen) atoms. The van der Waals surface area contributed by atoms with E-state index in [0.29, 0.717) is 17.4 Å². The monoisotopic (exact) mass is 335 g/mol. The first-order valence-electron chi connectivity index (χ1n) is 5.94. The maximum Gasteiger partial charge on any atom is 0.165 e. The summed E-state index contributed by atoms with van der Waals surface area (Å²) in [6, 6.07) is 3.06. The Kier molecular flexibility index (Phi) is 6.82. The fraction of sp³-hybridized carbons (Fsp3) is 0.462. The number of hydrogen-bond donors (Lipinski definition) is 1. The highest BCUT2D eigenvalue weighted by Gasteiger charge is 2.15. The van der Waals surface area contributed by atoms with E-state index in [-0.39, 0.29) is 16.4 Å². The van der Waals surface area contributed by atoms with E-state index in [4.69, 9.17) is 17.3 Å². The Labute approximate surface area is 120 Å². The molecule has 1 rings (SSSR count). The topological polar surface area (TPSA) is 43.1 Å². The molecule has 5 heteroatoms. The highest BCUT2D eigenvalue weighted by molar-refractivity contribution is 9.10. The highest BCUT2D eigenvalue weighted by Crippen LogP contribution is 2.28. The Balaban J connectivity index is 2.54.